The fraction of sp³-hybridized carbons (Fsp3) is 0.458. The van der Waals surface area contributed by atoms with E-state index >= 15 is 0 Å². The number of fused-ring (bicyclic) bond motifs is 2. The summed E-state index contributed by atoms with van der Waals surface area (Å²) >= 11 is 0. The Hall–Kier alpha value is -4.80. The second-order valence-electron chi connectivity index (χ2n) is 16.8. The Bertz CT molecular complexity index is 1870. The molecular weight excluding hydrogens is 735 g/mol. The van der Waals surface area contributed by atoms with Crippen LogP contribution in [0.15, 0.2) is 84.9 Å². The summed E-state index contributed by atoms with van der Waals surface area (Å²) in [7, 11) is 0. The maximum Gasteiger partial charge on any atom is 0.217 e. The fourth-order valence-corrected chi connectivity index (χ4v) is 7.81. The number of halogens is 2. The van der Waals surface area contributed by atoms with Crippen LogP contribution >= 0.6 is 0 Å². The molecule has 4 aromatic rings. The molecule has 2 saturated carbocycles. The van der Waals surface area contributed by atoms with Crippen LogP contribution in [-0.2, 0) is 35.8 Å². The van der Waals surface area contributed by atoms with Gasteiger partial charge in [0.1, 0.15) is 23.8 Å². The number of benzene rings is 4. The van der Waals surface area contributed by atoms with Crippen LogP contribution in [0.4, 0.5) is 8.78 Å². The van der Waals surface area contributed by atoms with Crippen LogP contribution in [0.3, 0.4) is 0 Å². The van der Waals surface area contributed by atoms with Gasteiger partial charge in [0, 0.05) is 53.1 Å². The molecule has 2 N–H and O–H groups in total. The Morgan fingerprint density at radius 1 is 0.621 bits per heavy atom. The largest absolute Gasteiger partial charge is 0.493 e. The Kier molecular flexibility index (Phi) is 13.4. The molecule has 2 aliphatic carbocycles. The smallest absolute Gasteiger partial charge is 0.217 e. The molecular formula is C48H58F2N4O4. The van der Waals surface area contributed by atoms with Crippen molar-refractivity contribution in [1.82, 2.24) is 20.4 Å². The van der Waals surface area contributed by atoms with Gasteiger partial charge in [-0.3, -0.25) is 19.4 Å². The molecule has 0 aromatic heterocycles. The third-order valence-corrected chi connectivity index (χ3v) is 11.5. The van der Waals surface area contributed by atoms with Gasteiger partial charge < -0.3 is 20.1 Å². The highest BCUT2D eigenvalue weighted by Crippen LogP contribution is 2.36. The minimum Gasteiger partial charge on any atom is -0.493 e. The molecule has 0 spiro atoms. The number of ether oxygens (including phenoxy) is 2. The zero-order valence-corrected chi connectivity index (χ0v) is 34.3. The Morgan fingerprint density at radius 2 is 1.00 bits per heavy atom. The molecule has 0 saturated heterocycles. The van der Waals surface area contributed by atoms with Crippen LogP contribution in [0.25, 0.3) is 0 Å². The molecule has 2 heterocycles. The molecule has 0 unspecified atom stereocenters. The lowest BCUT2D eigenvalue weighted by Crippen LogP contribution is -2.31. The predicted octanol–water partition coefficient (Wildman–Crippen LogP) is 9.40. The molecule has 8 nitrogen and oxygen atoms in total. The first-order valence-corrected chi connectivity index (χ1v) is 20.9. The Morgan fingerprint density at radius 3 is 1.34 bits per heavy atom. The molecule has 10 heteroatoms. The minimum atomic E-state index is -0.998. The van der Waals surface area contributed by atoms with E-state index in [1.54, 1.807) is 0 Å². The second-order valence-corrected chi connectivity index (χ2v) is 16.8. The Labute approximate surface area is 342 Å². The quantitative estimate of drug-likeness (QED) is 0.133. The van der Waals surface area contributed by atoms with Gasteiger partial charge >= 0.3 is 0 Å². The van der Waals surface area contributed by atoms with E-state index in [-0.39, 0.29) is 23.9 Å². The van der Waals surface area contributed by atoms with Gasteiger partial charge in [0.25, 0.3) is 0 Å². The average molecular weight is 793 g/mol. The van der Waals surface area contributed by atoms with Crippen LogP contribution in [0.1, 0.15) is 122 Å². The van der Waals surface area contributed by atoms with Crippen LogP contribution in [0.2, 0.25) is 0 Å². The van der Waals surface area contributed by atoms with Crippen molar-refractivity contribution in [2.75, 3.05) is 26.3 Å². The maximum absolute atomic E-state index is 14.9. The lowest BCUT2D eigenvalue weighted by Gasteiger charge is -2.31. The molecule has 2 aliphatic heterocycles. The molecule has 58 heavy (non-hydrogen) atoms. The lowest BCUT2D eigenvalue weighted by molar-refractivity contribution is -0.120. The van der Waals surface area contributed by atoms with Gasteiger partial charge in [0.2, 0.25) is 11.8 Å². The molecule has 2 amide bonds. The van der Waals surface area contributed by atoms with E-state index in [4.69, 9.17) is 9.47 Å². The van der Waals surface area contributed by atoms with Crippen molar-refractivity contribution in [2.24, 2.45) is 11.8 Å². The summed E-state index contributed by atoms with van der Waals surface area (Å²) in [4.78, 5) is 26.7. The molecule has 8 rings (SSSR count). The van der Waals surface area contributed by atoms with E-state index in [0.717, 1.165) is 82.3 Å². The summed E-state index contributed by atoms with van der Waals surface area (Å²) in [6.07, 6.45) is 3.00. The van der Waals surface area contributed by atoms with E-state index in [9.17, 15) is 18.4 Å². The summed E-state index contributed by atoms with van der Waals surface area (Å²) in [5.41, 5.74) is 8.04. The molecule has 308 valence electrons. The highest BCUT2D eigenvalue weighted by molar-refractivity contribution is 5.73. The summed E-state index contributed by atoms with van der Waals surface area (Å²) in [5.74, 6) is 2.88. The Balaban J connectivity index is 0.000000177. The molecule has 4 atom stereocenters. The number of hydrogen-bond acceptors (Lipinski definition) is 6. The number of nitrogens with zero attached hydrogens (tertiary/aromatic N) is 2. The first-order chi connectivity index (χ1) is 27.9. The lowest BCUT2D eigenvalue weighted by atomic mass is 9.97. The average Bonchev–Trinajstić information content (AvgIpc) is 4.14. The molecule has 0 radical (unpaired) electrons. The van der Waals surface area contributed by atoms with Gasteiger partial charge in [-0.25, -0.2) is 8.78 Å². The third kappa shape index (κ3) is 11.7. The molecule has 4 aliphatic rings. The number of carbonyl (C=O) groups is 2. The van der Waals surface area contributed by atoms with Crippen molar-refractivity contribution in [3.8, 4) is 11.5 Å². The highest BCUT2D eigenvalue weighted by atomic mass is 19.1. The van der Waals surface area contributed by atoms with E-state index in [1.807, 2.05) is 74.5 Å². The van der Waals surface area contributed by atoms with Crippen molar-refractivity contribution >= 4 is 11.8 Å². The van der Waals surface area contributed by atoms with Gasteiger partial charge in [-0.2, -0.15) is 0 Å². The molecule has 0 bridgehead atoms. The minimum absolute atomic E-state index is 0.0186. The van der Waals surface area contributed by atoms with Crippen molar-refractivity contribution in [2.45, 2.75) is 104 Å². The van der Waals surface area contributed by atoms with Gasteiger partial charge in [-0.15, -0.1) is 0 Å². The summed E-state index contributed by atoms with van der Waals surface area (Å²) in [6, 6.07) is 28.1. The van der Waals surface area contributed by atoms with E-state index in [2.05, 4.69) is 44.7 Å². The van der Waals surface area contributed by atoms with E-state index in [1.165, 1.54) is 39.5 Å². The van der Waals surface area contributed by atoms with Gasteiger partial charge in [-0.1, -0.05) is 60.7 Å². The predicted molar refractivity (Wildman–Crippen MR) is 223 cm³/mol. The van der Waals surface area contributed by atoms with Gasteiger partial charge in [-0.05, 0) is 120 Å². The van der Waals surface area contributed by atoms with Crippen LogP contribution < -0.4 is 20.1 Å². The zero-order valence-electron chi connectivity index (χ0n) is 34.3. The van der Waals surface area contributed by atoms with Crippen molar-refractivity contribution in [3.05, 3.63) is 129 Å². The van der Waals surface area contributed by atoms with E-state index in [0.29, 0.717) is 38.0 Å². The normalized spacial score (nSPS) is 20.0. The molecule has 2 fully saturated rings. The number of alkyl halides is 2. The highest BCUT2D eigenvalue weighted by Gasteiger charge is 2.28. The topological polar surface area (TPSA) is 83.1 Å². The first kappa shape index (κ1) is 41.4. The van der Waals surface area contributed by atoms with Gasteiger partial charge in [0.05, 0.1) is 25.3 Å². The van der Waals surface area contributed by atoms with Crippen molar-refractivity contribution in [3.63, 3.8) is 0 Å². The van der Waals surface area contributed by atoms with Gasteiger partial charge in [0.15, 0.2) is 0 Å². The number of rotatable bonds is 14. The maximum atomic E-state index is 14.9. The number of amides is 2. The number of carbonyl (C=O) groups excluding carboxylic acids is 2. The van der Waals surface area contributed by atoms with Crippen LogP contribution in [0.5, 0.6) is 11.5 Å². The zero-order chi connectivity index (χ0) is 40.8. The monoisotopic (exact) mass is 792 g/mol. The fourth-order valence-electron chi connectivity index (χ4n) is 7.81. The number of hydrogen-bond donors (Lipinski definition) is 2. The SMILES string of the molecule is CC(=O)N[C@@H](C)c1ccc(CN2Cc3ccc(OCC4CC4)cc3[C@@H](F)C2)cc1.CC(=O)N[C@@H](C)c1ccc(CN2Cc3ccc(OCC4CC4)cc3[C@H](F)C2)cc1. The van der Waals surface area contributed by atoms with Crippen molar-refractivity contribution < 1.29 is 27.8 Å². The summed E-state index contributed by atoms with van der Waals surface area (Å²) in [6.45, 7) is 12.1. The number of nitrogens with one attached hydrogen (secondary N) is 2. The van der Waals surface area contributed by atoms with E-state index < -0.39 is 12.3 Å². The third-order valence-electron chi connectivity index (χ3n) is 11.5. The molecule has 4 aromatic carbocycles. The summed E-state index contributed by atoms with van der Waals surface area (Å²) in [5, 5.41) is 5.78. The standard InChI is InChI=1S/2C24H29FN2O2/c2*1-16(26-17(2)28)20-7-5-18(6-8-20)12-27-13-21-9-10-22(29-15-19-3-4-19)11-23(21)24(25)14-27/h2*5-11,16,19,24H,3-4,12-15H2,1-2H3,(H,26,28)/t16-,24+;16-,24-/m00/s1. The van der Waals surface area contributed by atoms with Crippen molar-refractivity contribution in [1.29, 1.82) is 0 Å². The first-order valence-electron chi connectivity index (χ1n) is 20.9. The summed E-state index contributed by atoms with van der Waals surface area (Å²) < 4.78 is 41.4. The second kappa shape index (κ2) is 18.9. The van der Waals surface area contributed by atoms with Crippen LogP contribution in [0, 0.1) is 11.8 Å². The van der Waals surface area contributed by atoms with Crippen LogP contribution in [-0.4, -0.2) is 47.9 Å².